The minimum Gasteiger partial charge on any atom is -0.486 e. The minimum absolute atomic E-state index is 0.171. The van der Waals surface area contributed by atoms with E-state index in [4.69, 9.17) is 16.3 Å². The van der Waals surface area contributed by atoms with Crippen molar-refractivity contribution >= 4 is 23.2 Å². The van der Waals surface area contributed by atoms with Gasteiger partial charge in [-0.05, 0) is 61.9 Å². The van der Waals surface area contributed by atoms with Crippen LogP contribution in [0.3, 0.4) is 0 Å². The summed E-state index contributed by atoms with van der Waals surface area (Å²) in [4.78, 5) is 21.9. The number of hydrogen-bond donors (Lipinski definition) is 1. The highest BCUT2D eigenvalue weighted by atomic mass is 35.5. The van der Waals surface area contributed by atoms with Crippen LogP contribution in [0.15, 0.2) is 66.9 Å². The number of aromatic nitrogens is 1. The number of anilines is 1. The van der Waals surface area contributed by atoms with Crippen molar-refractivity contribution in [1.29, 1.82) is 0 Å². The van der Waals surface area contributed by atoms with Gasteiger partial charge in [0.2, 0.25) is 0 Å². The van der Waals surface area contributed by atoms with Gasteiger partial charge in [-0.25, -0.2) is 0 Å². The summed E-state index contributed by atoms with van der Waals surface area (Å²) in [6.07, 6.45) is 1.72. The van der Waals surface area contributed by atoms with Crippen molar-refractivity contribution in [3.8, 4) is 5.75 Å². The zero-order valence-corrected chi connectivity index (χ0v) is 20.5. The lowest BCUT2D eigenvalue weighted by atomic mass is 10.1. The SMILES string of the molecule is CC(C)N1CCN(Cc2ccc(C(=O)Nc3ccc(OCc4ccccn4)c(Cl)c3)cc2)CC1. The van der Waals surface area contributed by atoms with Gasteiger partial charge in [-0.1, -0.05) is 29.8 Å². The summed E-state index contributed by atoms with van der Waals surface area (Å²) in [6, 6.07) is 19.3. The predicted octanol–water partition coefficient (Wildman–Crippen LogP) is 5.09. The molecule has 7 heteroatoms. The summed E-state index contributed by atoms with van der Waals surface area (Å²) in [5, 5.41) is 3.34. The monoisotopic (exact) mass is 478 g/mol. The number of benzene rings is 2. The van der Waals surface area contributed by atoms with E-state index in [1.165, 1.54) is 5.56 Å². The molecule has 0 saturated carbocycles. The van der Waals surface area contributed by atoms with Gasteiger partial charge >= 0.3 is 0 Å². The van der Waals surface area contributed by atoms with Crippen LogP contribution in [0.4, 0.5) is 5.69 Å². The first kappa shape index (κ1) is 24.2. The number of carbonyl (C=O) groups is 1. The van der Waals surface area contributed by atoms with Crippen molar-refractivity contribution in [2.45, 2.75) is 33.0 Å². The van der Waals surface area contributed by atoms with Gasteiger partial charge in [0.15, 0.2) is 0 Å². The van der Waals surface area contributed by atoms with Crippen molar-refractivity contribution < 1.29 is 9.53 Å². The zero-order valence-electron chi connectivity index (χ0n) is 19.7. The summed E-state index contributed by atoms with van der Waals surface area (Å²) >= 11 is 6.36. The van der Waals surface area contributed by atoms with E-state index in [-0.39, 0.29) is 5.91 Å². The molecular weight excluding hydrogens is 448 g/mol. The maximum Gasteiger partial charge on any atom is 0.255 e. The van der Waals surface area contributed by atoms with Gasteiger partial charge in [0, 0.05) is 56.2 Å². The first-order chi connectivity index (χ1) is 16.5. The van der Waals surface area contributed by atoms with Crippen LogP contribution in [-0.2, 0) is 13.2 Å². The Hall–Kier alpha value is -2.93. The van der Waals surface area contributed by atoms with Crippen molar-refractivity contribution in [3.05, 3.63) is 88.7 Å². The first-order valence-electron chi connectivity index (χ1n) is 11.7. The van der Waals surface area contributed by atoms with Crippen molar-refractivity contribution in [2.75, 3.05) is 31.5 Å². The number of nitrogens with zero attached hydrogens (tertiary/aromatic N) is 3. The third-order valence-electron chi connectivity index (χ3n) is 6.05. The van der Waals surface area contributed by atoms with Crippen LogP contribution in [0.1, 0.15) is 35.5 Å². The first-order valence-corrected chi connectivity index (χ1v) is 12.0. The molecule has 0 spiro atoms. The Balaban J connectivity index is 1.29. The topological polar surface area (TPSA) is 57.7 Å². The van der Waals surface area contributed by atoms with Crippen LogP contribution in [0.2, 0.25) is 5.02 Å². The molecule has 1 N–H and O–H groups in total. The van der Waals surface area contributed by atoms with Crippen LogP contribution in [0.5, 0.6) is 5.75 Å². The summed E-state index contributed by atoms with van der Waals surface area (Å²) < 4.78 is 5.75. The smallest absolute Gasteiger partial charge is 0.255 e. The maximum atomic E-state index is 12.7. The highest BCUT2D eigenvalue weighted by molar-refractivity contribution is 6.32. The number of pyridine rings is 1. The third kappa shape index (κ3) is 6.56. The number of nitrogens with one attached hydrogen (secondary N) is 1. The quantitative estimate of drug-likeness (QED) is 0.488. The fourth-order valence-corrected chi connectivity index (χ4v) is 4.23. The fraction of sp³-hybridized carbons (Fsp3) is 0.333. The van der Waals surface area contributed by atoms with Crippen LogP contribution in [0, 0.1) is 0 Å². The standard InChI is InChI=1S/C27H31ClN4O2/c1-20(2)32-15-13-31(14-16-32)18-21-6-8-22(9-7-21)27(33)30-23-10-11-26(25(28)17-23)34-19-24-5-3-4-12-29-24/h3-12,17,20H,13-16,18-19H2,1-2H3,(H,30,33). The number of ether oxygens (including phenoxy) is 1. The van der Waals surface area contributed by atoms with E-state index in [9.17, 15) is 4.79 Å². The predicted molar refractivity (Wildman–Crippen MR) is 136 cm³/mol. The molecule has 34 heavy (non-hydrogen) atoms. The van der Waals surface area contributed by atoms with Crippen LogP contribution in [0.25, 0.3) is 0 Å². The van der Waals surface area contributed by atoms with E-state index in [2.05, 4.69) is 33.9 Å². The molecule has 2 aromatic carbocycles. The Bertz CT molecular complexity index is 1080. The third-order valence-corrected chi connectivity index (χ3v) is 6.35. The van der Waals surface area contributed by atoms with Gasteiger partial charge < -0.3 is 10.1 Å². The molecule has 1 aromatic heterocycles. The molecule has 0 aliphatic carbocycles. The molecule has 0 bridgehead atoms. The Morgan fingerprint density at radius 2 is 1.82 bits per heavy atom. The molecule has 178 valence electrons. The lowest BCUT2D eigenvalue weighted by Gasteiger charge is -2.36. The van der Waals surface area contributed by atoms with Gasteiger partial charge in [-0.3, -0.25) is 19.6 Å². The Kier molecular flexibility index (Phi) is 8.16. The number of piperazine rings is 1. The molecular formula is C27H31ClN4O2. The van der Waals surface area contributed by atoms with E-state index < -0.39 is 0 Å². The fourth-order valence-electron chi connectivity index (χ4n) is 3.99. The van der Waals surface area contributed by atoms with Gasteiger partial charge in [-0.15, -0.1) is 0 Å². The molecule has 1 fully saturated rings. The average molecular weight is 479 g/mol. The number of hydrogen-bond acceptors (Lipinski definition) is 5. The van der Waals surface area contributed by atoms with E-state index in [1.807, 2.05) is 42.5 Å². The van der Waals surface area contributed by atoms with Crippen LogP contribution in [-0.4, -0.2) is 52.9 Å². The lowest BCUT2D eigenvalue weighted by molar-refractivity contribution is 0.102. The normalized spacial score (nSPS) is 14.8. The highest BCUT2D eigenvalue weighted by Crippen LogP contribution is 2.28. The molecule has 0 unspecified atom stereocenters. The molecule has 2 heterocycles. The van der Waals surface area contributed by atoms with Gasteiger partial charge in [0.25, 0.3) is 5.91 Å². The van der Waals surface area contributed by atoms with Crippen molar-refractivity contribution in [2.24, 2.45) is 0 Å². The summed E-state index contributed by atoms with van der Waals surface area (Å²) in [5.41, 5.74) is 3.26. The molecule has 0 radical (unpaired) electrons. The van der Waals surface area contributed by atoms with Gasteiger partial charge in [0.05, 0.1) is 10.7 Å². The minimum atomic E-state index is -0.171. The Labute approximate surface area is 206 Å². The van der Waals surface area contributed by atoms with Crippen LogP contribution >= 0.6 is 11.6 Å². The summed E-state index contributed by atoms with van der Waals surface area (Å²) in [6.45, 7) is 10.1. The molecule has 0 atom stereocenters. The molecule has 1 saturated heterocycles. The molecule has 4 rings (SSSR count). The molecule has 1 aliphatic heterocycles. The Morgan fingerprint density at radius 3 is 2.47 bits per heavy atom. The average Bonchev–Trinajstić information content (AvgIpc) is 2.85. The second-order valence-corrected chi connectivity index (χ2v) is 9.22. The maximum absolute atomic E-state index is 12.7. The van der Waals surface area contributed by atoms with E-state index in [0.717, 1.165) is 38.4 Å². The summed E-state index contributed by atoms with van der Waals surface area (Å²) in [5.74, 6) is 0.374. The van der Waals surface area contributed by atoms with Gasteiger partial charge in [0.1, 0.15) is 12.4 Å². The number of halogens is 1. The molecule has 1 aliphatic rings. The van der Waals surface area contributed by atoms with E-state index in [1.54, 1.807) is 24.4 Å². The van der Waals surface area contributed by atoms with Crippen LogP contribution < -0.4 is 10.1 Å². The lowest BCUT2D eigenvalue weighted by Crippen LogP contribution is -2.48. The zero-order chi connectivity index (χ0) is 23.9. The second kappa shape index (κ2) is 11.5. The molecule has 6 nitrogen and oxygen atoms in total. The van der Waals surface area contributed by atoms with E-state index >= 15 is 0 Å². The number of carbonyl (C=O) groups excluding carboxylic acids is 1. The largest absolute Gasteiger partial charge is 0.486 e. The van der Waals surface area contributed by atoms with E-state index in [0.29, 0.717) is 34.7 Å². The van der Waals surface area contributed by atoms with Crippen molar-refractivity contribution in [1.82, 2.24) is 14.8 Å². The number of amides is 1. The second-order valence-electron chi connectivity index (χ2n) is 8.81. The molecule has 3 aromatic rings. The molecule has 1 amide bonds. The Morgan fingerprint density at radius 1 is 1.06 bits per heavy atom. The highest BCUT2D eigenvalue weighted by Gasteiger charge is 2.18. The van der Waals surface area contributed by atoms with Gasteiger partial charge in [-0.2, -0.15) is 0 Å². The van der Waals surface area contributed by atoms with Crippen molar-refractivity contribution in [3.63, 3.8) is 0 Å². The number of rotatable bonds is 8. The summed E-state index contributed by atoms with van der Waals surface area (Å²) in [7, 11) is 0.